The van der Waals surface area contributed by atoms with Gasteiger partial charge < -0.3 is 20.5 Å². The van der Waals surface area contributed by atoms with E-state index in [4.69, 9.17) is 15.9 Å². The van der Waals surface area contributed by atoms with Crippen molar-refractivity contribution in [1.29, 1.82) is 0 Å². The molecule has 74 valence electrons. The fraction of sp³-hybridized carbons (Fsp3) is 0.429. The summed E-state index contributed by atoms with van der Waals surface area (Å²) in [5.74, 6) is -0.377. The maximum absolute atomic E-state index is 9.37. The first-order valence-electron chi connectivity index (χ1n) is 3.66. The Morgan fingerprint density at radius 2 is 2.31 bits per heavy atom. The number of nitrogens with two attached hydrogens (primary N) is 1. The fourth-order valence-corrected chi connectivity index (χ4v) is 0.398. The van der Waals surface area contributed by atoms with E-state index >= 15 is 0 Å². The van der Waals surface area contributed by atoms with Gasteiger partial charge in [-0.15, -0.1) is 0 Å². The lowest BCUT2D eigenvalue weighted by Gasteiger charge is -1.76. The second-order valence-corrected chi connectivity index (χ2v) is 2.10. The van der Waals surface area contributed by atoms with Crippen molar-refractivity contribution < 1.29 is 19.5 Å². The van der Waals surface area contributed by atoms with Gasteiger partial charge in [-0.1, -0.05) is 6.92 Å². The molecule has 0 spiro atoms. The molecule has 0 saturated heterocycles. The molecule has 0 aliphatic heterocycles. The molecule has 1 heterocycles. The summed E-state index contributed by atoms with van der Waals surface area (Å²) in [6, 6.07) is 1.38. The van der Waals surface area contributed by atoms with E-state index in [9.17, 15) is 4.79 Å². The molecule has 1 aromatic heterocycles. The third-order valence-electron chi connectivity index (χ3n) is 1.05. The molecule has 1 rings (SSSR count). The Balaban J connectivity index is 0.000000252. The zero-order chi connectivity index (χ0) is 10.3. The summed E-state index contributed by atoms with van der Waals surface area (Å²) in [6.07, 6.45) is 0.222. The van der Waals surface area contributed by atoms with E-state index in [1.54, 1.807) is 6.92 Å². The third-order valence-corrected chi connectivity index (χ3v) is 1.05. The zero-order valence-electron chi connectivity index (χ0n) is 7.23. The van der Waals surface area contributed by atoms with Crippen LogP contribution >= 0.6 is 0 Å². The van der Waals surface area contributed by atoms with Crippen LogP contribution in [-0.2, 0) is 11.3 Å². The summed E-state index contributed by atoms with van der Waals surface area (Å²) in [6.45, 7) is 1.87. The van der Waals surface area contributed by atoms with E-state index < -0.39 is 5.97 Å². The molecule has 0 aliphatic carbocycles. The van der Waals surface area contributed by atoms with Gasteiger partial charge >= 0.3 is 5.97 Å². The van der Waals surface area contributed by atoms with Crippen molar-refractivity contribution in [2.75, 3.05) is 0 Å². The number of aromatic hydroxyl groups is 1. The molecule has 0 atom stereocenters. The molecule has 6 heteroatoms. The molecule has 0 fully saturated rings. The van der Waals surface area contributed by atoms with Crippen LogP contribution in [0.4, 0.5) is 0 Å². The highest BCUT2D eigenvalue weighted by Crippen LogP contribution is 2.06. The normalized spacial score (nSPS) is 8.77. The number of carbonyl (C=O) groups is 1. The summed E-state index contributed by atoms with van der Waals surface area (Å²) < 4.78 is 4.49. The van der Waals surface area contributed by atoms with E-state index in [0.29, 0.717) is 5.76 Å². The number of hydrogen-bond acceptors (Lipinski definition) is 5. The highest BCUT2D eigenvalue weighted by atomic mass is 16.5. The second kappa shape index (κ2) is 6.01. The molecule has 0 aliphatic rings. The number of nitrogens with zero attached hydrogens (tertiary/aromatic N) is 1. The summed E-state index contributed by atoms with van der Waals surface area (Å²) in [5, 5.41) is 19.4. The lowest BCUT2D eigenvalue weighted by molar-refractivity contribution is -0.136. The van der Waals surface area contributed by atoms with Crippen molar-refractivity contribution in [3.63, 3.8) is 0 Å². The van der Waals surface area contributed by atoms with Gasteiger partial charge in [0.25, 0.3) is 5.88 Å². The maximum Gasteiger partial charge on any atom is 0.303 e. The minimum absolute atomic E-state index is 0.120. The summed E-state index contributed by atoms with van der Waals surface area (Å²) in [5.41, 5.74) is 5.12. The molecule has 0 unspecified atom stereocenters. The first kappa shape index (κ1) is 11.4. The van der Waals surface area contributed by atoms with Crippen molar-refractivity contribution >= 4 is 5.97 Å². The van der Waals surface area contributed by atoms with Crippen molar-refractivity contribution in [1.82, 2.24) is 5.16 Å². The number of aliphatic carboxylic acids is 1. The van der Waals surface area contributed by atoms with Crippen LogP contribution in [0.15, 0.2) is 10.6 Å². The summed E-state index contributed by atoms with van der Waals surface area (Å²) >= 11 is 0. The van der Waals surface area contributed by atoms with Gasteiger partial charge in [0.05, 0.1) is 6.54 Å². The highest BCUT2D eigenvalue weighted by Gasteiger charge is 1.96. The van der Waals surface area contributed by atoms with Crippen LogP contribution in [0.1, 0.15) is 19.1 Å². The van der Waals surface area contributed by atoms with Crippen molar-refractivity contribution in [2.24, 2.45) is 5.73 Å². The van der Waals surface area contributed by atoms with Crippen molar-refractivity contribution in [3.05, 3.63) is 11.8 Å². The van der Waals surface area contributed by atoms with Crippen LogP contribution in [-0.4, -0.2) is 21.3 Å². The molecule has 0 bridgehead atoms. The predicted molar refractivity (Wildman–Crippen MR) is 44.0 cm³/mol. The van der Waals surface area contributed by atoms with Gasteiger partial charge in [0.1, 0.15) is 0 Å². The lowest BCUT2D eigenvalue weighted by atomic mass is 10.5. The molecule has 13 heavy (non-hydrogen) atoms. The Morgan fingerprint density at radius 3 is 2.46 bits per heavy atom. The predicted octanol–water partition coefficient (Wildman–Crippen LogP) is 0.320. The van der Waals surface area contributed by atoms with Gasteiger partial charge in [0.15, 0.2) is 5.76 Å². The topological polar surface area (TPSA) is 110 Å². The Hall–Kier alpha value is -1.56. The first-order chi connectivity index (χ1) is 6.10. The number of rotatable bonds is 2. The molecule has 0 aromatic carbocycles. The number of hydrogen-bond donors (Lipinski definition) is 3. The van der Waals surface area contributed by atoms with Gasteiger partial charge in [0, 0.05) is 12.5 Å². The molecule has 0 amide bonds. The lowest BCUT2D eigenvalue weighted by Crippen LogP contribution is -1.92. The Bertz CT molecular complexity index is 259. The number of aromatic nitrogens is 1. The number of carboxylic acids is 1. The minimum Gasteiger partial charge on any atom is -0.491 e. The van der Waals surface area contributed by atoms with Gasteiger partial charge in [-0.25, -0.2) is 0 Å². The standard InChI is InChI=1S/C4H6N2O2.C3H6O2/c5-2-3-1-4(7)6-8-3;1-2-3(4)5/h1H,2,5H2,(H,6,7);2H2,1H3,(H,4,5). The van der Waals surface area contributed by atoms with E-state index in [-0.39, 0.29) is 18.8 Å². The average Bonchev–Trinajstić information content (AvgIpc) is 2.52. The first-order valence-corrected chi connectivity index (χ1v) is 3.66. The van der Waals surface area contributed by atoms with Crippen LogP contribution in [0.2, 0.25) is 0 Å². The van der Waals surface area contributed by atoms with E-state index in [2.05, 4.69) is 9.68 Å². The molecule has 0 radical (unpaired) electrons. The van der Waals surface area contributed by atoms with Crippen molar-refractivity contribution in [2.45, 2.75) is 19.9 Å². The quantitative estimate of drug-likeness (QED) is 0.616. The average molecular weight is 188 g/mol. The molecule has 1 aromatic rings. The molecular weight excluding hydrogens is 176 g/mol. The van der Waals surface area contributed by atoms with Gasteiger partial charge in [-0.05, 0) is 5.16 Å². The highest BCUT2D eigenvalue weighted by molar-refractivity contribution is 5.66. The Kier molecular flexibility index (Phi) is 5.29. The maximum atomic E-state index is 9.37. The van der Waals surface area contributed by atoms with E-state index in [1.807, 2.05) is 0 Å². The van der Waals surface area contributed by atoms with Crippen LogP contribution < -0.4 is 5.73 Å². The molecule has 0 saturated carbocycles. The van der Waals surface area contributed by atoms with E-state index in [0.717, 1.165) is 0 Å². The van der Waals surface area contributed by atoms with Crippen LogP contribution in [0.5, 0.6) is 5.88 Å². The largest absolute Gasteiger partial charge is 0.491 e. The van der Waals surface area contributed by atoms with Crippen LogP contribution in [0, 0.1) is 0 Å². The van der Waals surface area contributed by atoms with E-state index in [1.165, 1.54) is 6.07 Å². The number of carboxylic acid groups (broad SMARTS) is 1. The Morgan fingerprint density at radius 1 is 1.77 bits per heavy atom. The minimum atomic E-state index is -0.745. The molecular formula is C7H12N2O4. The smallest absolute Gasteiger partial charge is 0.303 e. The molecule has 4 N–H and O–H groups in total. The SMILES string of the molecule is CCC(=O)O.NCc1cc(O)no1. The van der Waals surface area contributed by atoms with Gasteiger partial charge in [-0.2, -0.15) is 0 Å². The molecule has 6 nitrogen and oxygen atoms in total. The van der Waals surface area contributed by atoms with Gasteiger partial charge in [0.2, 0.25) is 0 Å². The summed E-state index contributed by atoms with van der Waals surface area (Å²) in [7, 11) is 0. The zero-order valence-corrected chi connectivity index (χ0v) is 7.23. The van der Waals surface area contributed by atoms with Crippen molar-refractivity contribution in [3.8, 4) is 5.88 Å². The Labute approximate surface area is 75.0 Å². The monoisotopic (exact) mass is 188 g/mol. The summed E-state index contributed by atoms with van der Waals surface area (Å²) in [4.78, 5) is 9.37. The van der Waals surface area contributed by atoms with Crippen LogP contribution in [0.3, 0.4) is 0 Å². The second-order valence-electron chi connectivity index (χ2n) is 2.10. The fourth-order valence-electron chi connectivity index (χ4n) is 0.398. The third kappa shape index (κ3) is 5.68. The van der Waals surface area contributed by atoms with Crippen LogP contribution in [0.25, 0.3) is 0 Å². The van der Waals surface area contributed by atoms with Gasteiger partial charge in [-0.3, -0.25) is 4.79 Å².